The summed E-state index contributed by atoms with van der Waals surface area (Å²) in [5.74, 6) is 3.03. The third kappa shape index (κ3) is 5.42. The number of piperazine rings is 1. The molecule has 1 amide bonds. The van der Waals surface area contributed by atoms with Crippen molar-refractivity contribution in [3.63, 3.8) is 0 Å². The van der Waals surface area contributed by atoms with Gasteiger partial charge in [0.1, 0.15) is 17.5 Å². The number of ether oxygens (including phenoxy) is 1. The van der Waals surface area contributed by atoms with Crippen molar-refractivity contribution in [1.82, 2.24) is 19.9 Å². The number of hydrogen-bond acceptors (Lipinski definition) is 9. The summed E-state index contributed by atoms with van der Waals surface area (Å²) in [4.78, 5) is 36.4. The highest BCUT2D eigenvalue weighted by Gasteiger charge is 2.48. The number of carbonyl (C=O) groups excluding carboxylic acids is 1. The second-order valence-corrected chi connectivity index (χ2v) is 13.4. The number of anilines is 6. The largest absolute Gasteiger partial charge is 0.375 e. The average Bonchev–Trinajstić information content (AvgIpc) is 3.38. The molecule has 7 rings (SSSR count). The van der Waals surface area contributed by atoms with Crippen LogP contribution in [0.1, 0.15) is 52.0 Å². The molecular weight excluding hydrogens is 540 g/mol. The molecule has 2 atom stereocenters. The van der Waals surface area contributed by atoms with Crippen LogP contribution in [0.4, 0.5) is 34.8 Å². The summed E-state index contributed by atoms with van der Waals surface area (Å²) in [6.07, 6.45) is 5.13. The maximum atomic E-state index is 12.6. The minimum absolute atomic E-state index is 0.123. The predicted octanol–water partition coefficient (Wildman–Crippen LogP) is 4.86. The van der Waals surface area contributed by atoms with E-state index in [1.807, 2.05) is 24.4 Å². The third-order valence-electron chi connectivity index (χ3n) is 9.52. The van der Waals surface area contributed by atoms with E-state index in [2.05, 4.69) is 72.1 Å². The Morgan fingerprint density at radius 2 is 1.70 bits per heavy atom. The quantitative estimate of drug-likeness (QED) is 0.453. The second kappa shape index (κ2) is 10.7. The average molecular weight is 583 g/mol. The first-order valence-corrected chi connectivity index (χ1v) is 15.6. The van der Waals surface area contributed by atoms with Crippen molar-refractivity contribution in [3.05, 3.63) is 54.2 Å². The van der Waals surface area contributed by atoms with Crippen molar-refractivity contribution in [2.24, 2.45) is 0 Å². The molecule has 0 unspecified atom stereocenters. The molecule has 2 aromatic heterocycles. The lowest BCUT2D eigenvalue weighted by molar-refractivity contribution is -0.117. The molecule has 6 heterocycles. The van der Waals surface area contributed by atoms with Crippen molar-refractivity contribution in [2.75, 3.05) is 66.4 Å². The van der Waals surface area contributed by atoms with E-state index in [1.165, 1.54) is 5.69 Å². The van der Waals surface area contributed by atoms with E-state index in [0.717, 1.165) is 68.3 Å². The van der Waals surface area contributed by atoms with Gasteiger partial charge in [-0.05, 0) is 76.6 Å². The second-order valence-electron chi connectivity index (χ2n) is 13.4. The van der Waals surface area contributed by atoms with Crippen LogP contribution in [0.5, 0.6) is 0 Å². The molecule has 10 nitrogen and oxygen atoms in total. The third-order valence-corrected chi connectivity index (χ3v) is 9.52. The van der Waals surface area contributed by atoms with Crippen LogP contribution in [0.2, 0.25) is 0 Å². The SMILES string of the molecule is CN1CCN(c2ccc(Nc3ncc4c(n3)N(c3cccc(N5CCCC5=O)n3)[C@@H]3CC(C)(C)OC[C@@]4(C)C3)cc2)CC1. The number of amides is 1. The molecule has 1 N–H and O–H groups in total. The standard InChI is InChI=1S/C33H42N8O2/c1-32(2)19-25-20-33(3,22-43-32)26-21-34-31(35-23-10-12-24(13-11-23)39-17-15-38(4)16-18-39)37-30(26)41(25)28-8-5-7-27(36-28)40-14-6-9-29(40)42/h5,7-8,10-13,21,25H,6,9,14-20,22H2,1-4H3,(H,34,35,37)/t25-,33-/m1/s1. The normalized spacial score (nSPS) is 25.4. The van der Waals surface area contributed by atoms with Gasteiger partial charge in [0.15, 0.2) is 0 Å². The zero-order valence-corrected chi connectivity index (χ0v) is 25.7. The number of hydrogen-bond donors (Lipinski definition) is 1. The number of aromatic nitrogens is 3. The molecule has 3 saturated heterocycles. The smallest absolute Gasteiger partial charge is 0.229 e. The van der Waals surface area contributed by atoms with Gasteiger partial charge in [0.05, 0.1) is 12.2 Å². The summed E-state index contributed by atoms with van der Waals surface area (Å²) >= 11 is 0. The maximum Gasteiger partial charge on any atom is 0.229 e. The van der Waals surface area contributed by atoms with Gasteiger partial charge < -0.3 is 24.8 Å². The fourth-order valence-electron chi connectivity index (χ4n) is 7.05. The minimum Gasteiger partial charge on any atom is -0.375 e. The van der Waals surface area contributed by atoms with Gasteiger partial charge in [0, 0.05) is 73.7 Å². The van der Waals surface area contributed by atoms with E-state index in [0.29, 0.717) is 31.3 Å². The summed E-state index contributed by atoms with van der Waals surface area (Å²) in [5, 5.41) is 3.46. The van der Waals surface area contributed by atoms with Crippen molar-refractivity contribution in [1.29, 1.82) is 0 Å². The molecule has 1 aromatic carbocycles. The van der Waals surface area contributed by atoms with Crippen LogP contribution in [0.15, 0.2) is 48.7 Å². The van der Waals surface area contributed by atoms with Crippen LogP contribution >= 0.6 is 0 Å². The number of fused-ring (bicyclic) bond motifs is 4. The molecular formula is C33H42N8O2. The molecule has 0 aliphatic carbocycles. The van der Waals surface area contributed by atoms with Gasteiger partial charge in [-0.25, -0.2) is 9.97 Å². The van der Waals surface area contributed by atoms with Crippen molar-refractivity contribution in [2.45, 2.75) is 63.5 Å². The summed E-state index contributed by atoms with van der Waals surface area (Å²) in [6.45, 7) is 12.1. The summed E-state index contributed by atoms with van der Waals surface area (Å²) in [7, 11) is 2.18. The minimum atomic E-state index is -0.300. The van der Waals surface area contributed by atoms with E-state index in [4.69, 9.17) is 19.7 Å². The molecule has 2 bridgehead atoms. The fraction of sp³-hybridized carbons (Fsp3) is 0.515. The number of likely N-dealkylation sites (N-methyl/N-ethyl adjacent to an activating group) is 1. The zero-order valence-electron chi connectivity index (χ0n) is 25.7. The number of benzene rings is 1. The van der Waals surface area contributed by atoms with E-state index in [-0.39, 0.29) is 23.0 Å². The molecule has 4 aliphatic rings. The van der Waals surface area contributed by atoms with Gasteiger partial charge in [-0.3, -0.25) is 9.69 Å². The van der Waals surface area contributed by atoms with Crippen LogP contribution < -0.4 is 20.0 Å². The predicted molar refractivity (Wildman–Crippen MR) is 170 cm³/mol. The van der Waals surface area contributed by atoms with Gasteiger partial charge in [-0.1, -0.05) is 13.0 Å². The number of rotatable bonds is 5. The van der Waals surface area contributed by atoms with Gasteiger partial charge in [0.2, 0.25) is 11.9 Å². The van der Waals surface area contributed by atoms with Crippen LogP contribution in [-0.4, -0.2) is 83.8 Å². The number of pyridine rings is 1. The number of nitrogens with zero attached hydrogens (tertiary/aromatic N) is 7. The molecule has 43 heavy (non-hydrogen) atoms. The molecule has 3 aromatic rings. The monoisotopic (exact) mass is 582 g/mol. The maximum absolute atomic E-state index is 12.6. The van der Waals surface area contributed by atoms with Crippen molar-refractivity contribution in [3.8, 4) is 0 Å². The van der Waals surface area contributed by atoms with Gasteiger partial charge in [0.25, 0.3) is 0 Å². The summed E-state index contributed by atoms with van der Waals surface area (Å²) < 4.78 is 6.48. The number of nitrogens with one attached hydrogen (secondary N) is 1. The highest BCUT2D eigenvalue weighted by atomic mass is 16.5. The highest BCUT2D eigenvalue weighted by molar-refractivity contribution is 5.94. The van der Waals surface area contributed by atoms with Crippen molar-refractivity contribution < 1.29 is 9.53 Å². The lowest BCUT2D eigenvalue weighted by Crippen LogP contribution is -2.45. The molecule has 3 fully saturated rings. The first-order valence-electron chi connectivity index (χ1n) is 15.6. The van der Waals surface area contributed by atoms with E-state index in [9.17, 15) is 4.79 Å². The topological polar surface area (TPSA) is 90.0 Å². The highest BCUT2D eigenvalue weighted by Crippen LogP contribution is 2.49. The van der Waals surface area contributed by atoms with Gasteiger partial charge in [-0.15, -0.1) is 0 Å². The van der Waals surface area contributed by atoms with Crippen molar-refractivity contribution >= 4 is 40.7 Å². The van der Waals surface area contributed by atoms with Gasteiger partial charge >= 0.3 is 0 Å². The Morgan fingerprint density at radius 1 is 0.930 bits per heavy atom. The molecule has 4 aliphatic heterocycles. The Morgan fingerprint density at radius 3 is 2.44 bits per heavy atom. The van der Waals surface area contributed by atoms with E-state index in [1.54, 1.807) is 4.90 Å². The molecule has 0 radical (unpaired) electrons. The van der Waals surface area contributed by atoms with Crippen LogP contribution in [0.25, 0.3) is 0 Å². The molecule has 0 spiro atoms. The Hall–Kier alpha value is -3.76. The Balaban J connectivity index is 1.23. The molecule has 10 heteroatoms. The van der Waals surface area contributed by atoms with E-state index >= 15 is 0 Å². The lowest BCUT2D eigenvalue weighted by Gasteiger charge is -2.44. The molecule has 226 valence electrons. The first-order chi connectivity index (χ1) is 20.7. The summed E-state index contributed by atoms with van der Waals surface area (Å²) in [6, 6.07) is 14.6. The Labute approximate surface area is 254 Å². The van der Waals surface area contributed by atoms with Crippen LogP contribution in [0.3, 0.4) is 0 Å². The van der Waals surface area contributed by atoms with Gasteiger partial charge in [-0.2, -0.15) is 4.98 Å². The first kappa shape index (κ1) is 28.0. The lowest BCUT2D eigenvalue weighted by atomic mass is 9.74. The number of carbonyl (C=O) groups is 1. The summed E-state index contributed by atoms with van der Waals surface area (Å²) in [5.41, 5.74) is 2.71. The van der Waals surface area contributed by atoms with Crippen LogP contribution in [0, 0.1) is 0 Å². The Kier molecular flexibility index (Phi) is 7.01. The fourth-order valence-corrected chi connectivity index (χ4v) is 7.05. The Bertz CT molecular complexity index is 1500. The van der Waals surface area contributed by atoms with E-state index < -0.39 is 0 Å². The molecule has 0 saturated carbocycles. The zero-order chi connectivity index (χ0) is 29.8. The van der Waals surface area contributed by atoms with Crippen LogP contribution in [-0.2, 0) is 14.9 Å².